The molecule has 1 aromatic rings. The highest BCUT2D eigenvalue weighted by molar-refractivity contribution is 9.10. The molecule has 0 aliphatic carbocycles. The number of ether oxygens (including phenoxy) is 1. The van der Waals surface area contributed by atoms with Crippen LogP contribution >= 0.6 is 15.9 Å². The Morgan fingerprint density at radius 3 is 2.81 bits per heavy atom. The van der Waals surface area contributed by atoms with E-state index in [1.54, 1.807) is 0 Å². The van der Waals surface area contributed by atoms with Crippen LogP contribution in [-0.2, 0) is 6.42 Å². The van der Waals surface area contributed by atoms with Gasteiger partial charge in [0, 0.05) is 10.5 Å². The number of rotatable bonds is 5. The topological polar surface area (TPSA) is 35.2 Å². The minimum Gasteiger partial charge on any atom is -0.489 e. The zero-order valence-electron chi connectivity index (χ0n) is 9.79. The quantitative estimate of drug-likeness (QED) is 0.842. The third-order valence-corrected chi connectivity index (χ3v) is 2.82. The van der Waals surface area contributed by atoms with Gasteiger partial charge in [-0.2, -0.15) is 0 Å². The van der Waals surface area contributed by atoms with Crippen LogP contribution < -0.4 is 10.5 Å². The maximum Gasteiger partial charge on any atom is 0.120 e. The first-order valence-corrected chi connectivity index (χ1v) is 6.09. The van der Waals surface area contributed by atoms with E-state index in [-0.39, 0.29) is 6.04 Å². The summed E-state index contributed by atoms with van der Waals surface area (Å²) in [4.78, 5) is 0. The predicted molar refractivity (Wildman–Crippen MR) is 71.8 cm³/mol. The van der Waals surface area contributed by atoms with E-state index < -0.39 is 0 Å². The van der Waals surface area contributed by atoms with Crippen molar-refractivity contribution >= 4 is 15.9 Å². The lowest BCUT2D eigenvalue weighted by Crippen LogP contribution is -2.18. The molecule has 0 radical (unpaired) electrons. The van der Waals surface area contributed by atoms with Crippen LogP contribution in [0.15, 0.2) is 34.8 Å². The molecule has 0 bridgehead atoms. The Morgan fingerprint density at radius 1 is 1.56 bits per heavy atom. The molecule has 1 unspecified atom stereocenters. The summed E-state index contributed by atoms with van der Waals surface area (Å²) in [6.07, 6.45) is 0.838. The molecular formula is C13H18BrNO. The monoisotopic (exact) mass is 283 g/mol. The number of hydrogen-bond donors (Lipinski definition) is 1. The van der Waals surface area contributed by atoms with Crippen LogP contribution in [0.2, 0.25) is 0 Å². The molecule has 0 heterocycles. The summed E-state index contributed by atoms with van der Waals surface area (Å²) in [5.41, 5.74) is 7.98. The third kappa shape index (κ3) is 4.37. The second kappa shape index (κ2) is 6.06. The highest BCUT2D eigenvalue weighted by Gasteiger charge is 2.05. The van der Waals surface area contributed by atoms with Crippen molar-refractivity contribution in [3.63, 3.8) is 0 Å². The first-order valence-electron chi connectivity index (χ1n) is 5.30. The molecule has 0 amide bonds. The Bertz CT molecular complexity index is 374. The summed E-state index contributed by atoms with van der Waals surface area (Å²) in [6, 6.07) is 6.10. The highest BCUT2D eigenvalue weighted by atomic mass is 79.9. The molecule has 2 N–H and O–H groups in total. The van der Waals surface area contributed by atoms with Gasteiger partial charge in [-0.1, -0.05) is 22.5 Å². The molecule has 16 heavy (non-hydrogen) atoms. The molecular weight excluding hydrogens is 266 g/mol. The molecule has 0 aliphatic rings. The molecule has 2 nitrogen and oxygen atoms in total. The van der Waals surface area contributed by atoms with Gasteiger partial charge in [0.25, 0.3) is 0 Å². The summed E-state index contributed by atoms with van der Waals surface area (Å²) in [6.45, 7) is 8.30. The van der Waals surface area contributed by atoms with E-state index in [2.05, 4.69) is 22.5 Å². The van der Waals surface area contributed by atoms with Crippen LogP contribution in [0.5, 0.6) is 5.75 Å². The normalized spacial score (nSPS) is 12.2. The fourth-order valence-electron chi connectivity index (χ4n) is 1.35. The van der Waals surface area contributed by atoms with Gasteiger partial charge in [0.05, 0.1) is 0 Å². The number of hydrogen-bond acceptors (Lipinski definition) is 2. The lowest BCUT2D eigenvalue weighted by molar-refractivity contribution is 0.352. The van der Waals surface area contributed by atoms with Crippen molar-refractivity contribution in [2.45, 2.75) is 26.3 Å². The highest BCUT2D eigenvalue weighted by Crippen LogP contribution is 2.23. The van der Waals surface area contributed by atoms with E-state index in [0.29, 0.717) is 6.61 Å². The number of benzene rings is 1. The molecule has 0 aromatic heterocycles. The van der Waals surface area contributed by atoms with E-state index in [0.717, 1.165) is 22.2 Å². The van der Waals surface area contributed by atoms with Crippen molar-refractivity contribution < 1.29 is 4.74 Å². The largest absolute Gasteiger partial charge is 0.489 e. The summed E-state index contributed by atoms with van der Waals surface area (Å²) < 4.78 is 6.66. The summed E-state index contributed by atoms with van der Waals surface area (Å²) in [5.74, 6) is 0.863. The Labute approximate surface area is 106 Å². The maximum atomic E-state index is 5.79. The summed E-state index contributed by atoms with van der Waals surface area (Å²) in [5, 5.41) is 0. The van der Waals surface area contributed by atoms with E-state index in [1.165, 1.54) is 5.56 Å². The molecule has 0 spiro atoms. The molecule has 0 aliphatic heterocycles. The molecule has 0 saturated heterocycles. The van der Waals surface area contributed by atoms with Crippen molar-refractivity contribution in [2.24, 2.45) is 5.73 Å². The summed E-state index contributed by atoms with van der Waals surface area (Å²) in [7, 11) is 0. The van der Waals surface area contributed by atoms with Crippen molar-refractivity contribution in [3.05, 3.63) is 40.4 Å². The average Bonchev–Trinajstić information content (AvgIpc) is 2.18. The van der Waals surface area contributed by atoms with Gasteiger partial charge in [-0.05, 0) is 49.6 Å². The second-order valence-corrected chi connectivity index (χ2v) is 5.03. The van der Waals surface area contributed by atoms with Crippen LogP contribution in [0.4, 0.5) is 0 Å². The third-order valence-electron chi connectivity index (χ3n) is 2.04. The van der Waals surface area contributed by atoms with Gasteiger partial charge in [-0.25, -0.2) is 0 Å². The zero-order valence-corrected chi connectivity index (χ0v) is 11.4. The zero-order chi connectivity index (χ0) is 12.1. The summed E-state index contributed by atoms with van der Waals surface area (Å²) >= 11 is 3.51. The number of halogens is 1. The molecule has 1 rings (SSSR count). The van der Waals surface area contributed by atoms with Crippen molar-refractivity contribution in [1.29, 1.82) is 0 Å². The van der Waals surface area contributed by atoms with E-state index in [9.17, 15) is 0 Å². The van der Waals surface area contributed by atoms with E-state index in [4.69, 9.17) is 10.5 Å². The molecule has 0 fully saturated rings. The van der Waals surface area contributed by atoms with Gasteiger partial charge in [-0.3, -0.25) is 0 Å². The number of nitrogens with two attached hydrogens (primary N) is 1. The Balaban J connectivity index is 2.76. The Kier molecular flexibility index (Phi) is 5.03. The fourth-order valence-corrected chi connectivity index (χ4v) is 1.76. The van der Waals surface area contributed by atoms with Crippen molar-refractivity contribution in [2.75, 3.05) is 6.61 Å². The first kappa shape index (κ1) is 13.3. The van der Waals surface area contributed by atoms with Gasteiger partial charge in [0.15, 0.2) is 0 Å². The lowest BCUT2D eigenvalue weighted by Gasteiger charge is -2.11. The van der Waals surface area contributed by atoms with Gasteiger partial charge in [-0.15, -0.1) is 0 Å². The molecule has 88 valence electrons. The van der Waals surface area contributed by atoms with Gasteiger partial charge in [0.1, 0.15) is 12.4 Å². The standard InChI is InChI=1S/C13H18BrNO/c1-9(2)8-16-12-4-5-13(14)11(7-12)6-10(3)15/h4-5,7,10H,1,6,8,15H2,2-3H3. The Morgan fingerprint density at radius 2 is 2.25 bits per heavy atom. The van der Waals surface area contributed by atoms with Crippen molar-refractivity contribution in [1.82, 2.24) is 0 Å². The van der Waals surface area contributed by atoms with Gasteiger partial charge < -0.3 is 10.5 Å². The van der Waals surface area contributed by atoms with E-state index >= 15 is 0 Å². The predicted octanol–water partition coefficient (Wildman–Crippen LogP) is 3.29. The maximum absolute atomic E-state index is 5.79. The smallest absolute Gasteiger partial charge is 0.120 e. The average molecular weight is 284 g/mol. The van der Waals surface area contributed by atoms with Crippen LogP contribution in [-0.4, -0.2) is 12.6 Å². The minimum absolute atomic E-state index is 0.146. The first-order chi connectivity index (χ1) is 7.49. The van der Waals surface area contributed by atoms with Gasteiger partial charge >= 0.3 is 0 Å². The van der Waals surface area contributed by atoms with Crippen LogP contribution in [0.3, 0.4) is 0 Å². The fraction of sp³-hybridized carbons (Fsp3) is 0.385. The molecule has 0 saturated carbocycles. The minimum atomic E-state index is 0.146. The van der Waals surface area contributed by atoms with Crippen LogP contribution in [0.25, 0.3) is 0 Å². The molecule has 1 atom stereocenters. The van der Waals surface area contributed by atoms with Crippen LogP contribution in [0, 0.1) is 0 Å². The Hall–Kier alpha value is -0.800. The lowest BCUT2D eigenvalue weighted by atomic mass is 10.1. The van der Waals surface area contributed by atoms with E-state index in [1.807, 2.05) is 32.0 Å². The van der Waals surface area contributed by atoms with Crippen LogP contribution in [0.1, 0.15) is 19.4 Å². The van der Waals surface area contributed by atoms with Gasteiger partial charge in [0.2, 0.25) is 0 Å². The van der Waals surface area contributed by atoms with Crippen molar-refractivity contribution in [3.8, 4) is 5.75 Å². The molecule has 1 aromatic carbocycles. The second-order valence-electron chi connectivity index (χ2n) is 4.18. The SMILES string of the molecule is C=C(C)COc1ccc(Br)c(CC(C)N)c1. The molecule has 3 heteroatoms.